The lowest BCUT2D eigenvalue weighted by atomic mass is 9.63. The zero-order chi connectivity index (χ0) is 30.4. The van der Waals surface area contributed by atoms with Crippen molar-refractivity contribution >= 4 is 23.2 Å². The largest absolute Gasteiger partial charge is 0.493 e. The predicted molar refractivity (Wildman–Crippen MR) is 164 cm³/mol. The van der Waals surface area contributed by atoms with Crippen molar-refractivity contribution in [2.24, 2.45) is 10.8 Å². The van der Waals surface area contributed by atoms with E-state index in [1.54, 1.807) is 13.2 Å². The molecular weight excluding hydrogens is 528 g/mol. The first-order valence-electron chi connectivity index (χ1n) is 14.8. The molecule has 1 heterocycles. The van der Waals surface area contributed by atoms with Crippen LogP contribution in [0.5, 0.6) is 11.5 Å². The molecule has 3 aliphatic rings. The molecule has 2 aromatic carbocycles. The molecular formula is C35H42N2O5. The van der Waals surface area contributed by atoms with Gasteiger partial charge in [0, 0.05) is 53.5 Å². The molecule has 222 valence electrons. The van der Waals surface area contributed by atoms with Gasteiger partial charge in [-0.1, -0.05) is 45.9 Å². The highest BCUT2D eigenvalue weighted by Gasteiger charge is 2.48. The molecule has 0 saturated heterocycles. The van der Waals surface area contributed by atoms with Crippen molar-refractivity contribution in [3.05, 3.63) is 76.1 Å². The zero-order valence-corrected chi connectivity index (χ0v) is 25.8. The van der Waals surface area contributed by atoms with E-state index in [4.69, 9.17) is 9.47 Å². The van der Waals surface area contributed by atoms with E-state index in [2.05, 4.69) is 44.8 Å². The minimum absolute atomic E-state index is 0.0981. The summed E-state index contributed by atoms with van der Waals surface area (Å²) >= 11 is 0. The van der Waals surface area contributed by atoms with E-state index < -0.39 is 5.92 Å². The molecule has 42 heavy (non-hydrogen) atoms. The number of allylic oxidation sites excluding steroid dienone is 4. The van der Waals surface area contributed by atoms with Gasteiger partial charge >= 0.3 is 0 Å². The number of hydrogen-bond acceptors (Lipinski definition) is 6. The van der Waals surface area contributed by atoms with Gasteiger partial charge in [-0.15, -0.1) is 0 Å². The van der Waals surface area contributed by atoms with Gasteiger partial charge in [0.2, 0.25) is 0 Å². The van der Waals surface area contributed by atoms with Crippen molar-refractivity contribution in [3.8, 4) is 11.5 Å². The molecule has 7 nitrogen and oxygen atoms in total. The van der Waals surface area contributed by atoms with E-state index in [9.17, 15) is 14.4 Å². The van der Waals surface area contributed by atoms with Crippen molar-refractivity contribution in [1.29, 1.82) is 0 Å². The van der Waals surface area contributed by atoms with Crippen LogP contribution in [0.2, 0.25) is 0 Å². The van der Waals surface area contributed by atoms with E-state index in [1.807, 2.05) is 43.3 Å². The van der Waals surface area contributed by atoms with Crippen molar-refractivity contribution in [1.82, 2.24) is 4.90 Å². The number of benzene rings is 2. The van der Waals surface area contributed by atoms with Crippen molar-refractivity contribution in [2.45, 2.75) is 73.1 Å². The standard InChI is InChI=1S/C35H42N2O5/c1-8-37-24-16-34(3,4)18-26(38)32(24)31(33-25(37)17-35(5,6)19-27(33)39)22-12-13-28(29(15-22)41-7)42-20-30(40)36-23-11-9-10-21(2)14-23/h9-15,31H,8,16-20H2,1-7H3,(H,36,40). The normalized spacial score (nSPS) is 19.8. The van der Waals surface area contributed by atoms with Crippen LogP contribution in [0.3, 0.4) is 0 Å². The second kappa shape index (κ2) is 11.1. The second-order valence-corrected chi connectivity index (χ2v) is 13.4. The van der Waals surface area contributed by atoms with Crippen LogP contribution in [0.25, 0.3) is 0 Å². The summed E-state index contributed by atoms with van der Waals surface area (Å²) in [6.07, 6.45) is 2.43. The van der Waals surface area contributed by atoms with Gasteiger partial charge in [0.25, 0.3) is 5.91 Å². The first-order chi connectivity index (χ1) is 19.8. The molecule has 2 aromatic rings. The number of ketones is 2. The number of ether oxygens (including phenoxy) is 2. The van der Waals surface area contributed by atoms with E-state index >= 15 is 0 Å². The molecule has 0 radical (unpaired) electrons. The lowest BCUT2D eigenvalue weighted by Gasteiger charge is -2.48. The summed E-state index contributed by atoms with van der Waals surface area (Å²) in [7, 11) is 1.55. The minimum atomic E-state index is -0.461. The maximum absolute atomic E-state index is 13.8. The van der Waals surface area contributed by atoms with Gasteiger partial charge in [0.1, 0.15) is 0 Å². The van der Waals surface area contributed by atoms with Gasteiger partial charge in [-0.25, -0.2) is 0 Å². The van der Waals surface area contributed by atoms with Gasteiger partial charge in [0.15, 0.2) is 29.7 Å². The monoisotopic (exact) mass is 570 g/mol. The molecule has 1 aliphatic heterocycles. The first kappa shape index (κ1) is 29.6. The van der Waals surface area contributed by atoms with Crippen LogP contribution in [0.15, 0.2) is 65.0 Å². The van der Waals surface area contributed by atoms with Crippen LogP contribution in [-0.4, -0.2) is 42.6 Å². The maximum atomic E-state index is 13.8. The Morgan fingerprint density at radius 3 is 2.07 bits per heavy atom. The van der Waals surface area contributed by atoms with E-state index in [1.165, 1.54) is 0 Å². The molecule has 0 atom stereocenters. The smallest absolute Gasteiger partial charge is 0.262 e. The fourth-order valence-corrected chi connectivity index (χ4v) is 6.81. The number of amides is 1. The topological polar surface area (TPSA) is 84.9 Å². The number of nitrogens with zero attached hydrogens (tertiary/aromatic N) is 1. The Balaban J connectivity index is 1.51. The Hall–Kier alpha value is -3.87. The zero-order valence-electron chi connectivity index (χ0n) is 25.8. The summed E-state index contributed by atoms with van der Waals surface area (Å²) in [5.74, 6) is 0.321. The lowest BCUT2D eigenvalue weighted by Crippen LogP contribution is -2.44. The van der Waals surface area contributed by atoms with Gasteiger partial charge in [-0.2, -0.15) is 0 Å². The summed E-state index contributed by atoms with van der Waals surface area (Å²) < 4.78 is 11.6. The Labute approximate surface area is 249 Å². The molecule has 2 aliphatic carbocycles. The first-order valence-corrected chi connectivity index (χ1v) is 14.8. The number of carbonyl (C=O) groups excluding carboxylic acids is 3. The molecule has 1 amide bonds. The highest BCUT2D eigenvalue weighted by atomic mass is 16.5. The quantitative estimate of drug-likeness (QED) is 0.398. The van der Waals surface area contributed by atoms with Gasteiger partial charge in [0.05, 0.1) is 7.11 Å². The molecule has 0 fully saturated rings. The van der Waals surface area contributed by atoms with Crippen molar-refractivity contribution in [2.75, 3.05) is 25.6 Å². The number of Topliss-reactive ketones (excluding diaryl/α,β-unsaturated/α-hetero) is 2. The number of aryl methyl sites for hydroxylation is 1. The SMILES string of the molecule is CCN1C2=C(C(=O)CC(C)(C)C2)C(c2ccc(OCC(=O)Nc3cccc(C)c3)c(OC)c2)C2=C1CC(C)(C)CC2=O. The van der Waals surface area contributed by atoms with E-state index in [0.29, 0.717) is 36.6 Å². The third kappa shape index (κ3) is 5.74. The lowest BCUT2D eigenvalue weighted by molar-refractivity contribution is -0.120. The number of carbonyl (C=O) groups is 3. The fraction of sp³-hybridized carbons (Fsp3) is 0.457. The number of nitrogens with one attached hydrogen (secondary N) is 1. The number of methoxy groups -OCH3 is 1. The average molecular weight is 571 g/mol. The molecule has 0 bridgehead atoms. The van der Waals surface area contributed by atoms with Crippen LogP contribution in [0.1, 0.15) is 77.3 Å². The third-order valence-electron chi connectivity index (χ3n) is 8.52. The van der Waals surface area contributed by atoms with E-state index in [0.717, 1.165) is 46.5 Å². The maximum Gasteiger partial charge on any atom is 0.262 e. The fourth-order valence-electron chi connectivity index (χ4n) is 6.81. The average Bonchev–Trinajstić information content (AvgIpc) is 2.89. The molecule has 0 spiro atoms. The van der Waals surface area contributed by atoms with Crippen molar-refractivity contribution < 1.29 is 23.9 Å². The Morgan fingerprint density at radius 1 is 0.905 bits per heavy atom. The number of hydrogen-bond donors (Lipinski definition) is 1. The predicted octanol–water partition coefficient (Wildman–Crippen LogP) is 6.73. The van der Waals surface area contributed by atoms with E-state index in [-0.39, 0.29) is 34.9 Å². The second-order valence-electron chi connectivity index (χ2n) is 13.4. The molecule has 0 aromatic heterocycles. The Morgan fingerprint density at radius 2 is 1.52 bits per heavy atom. The summed E-state index contributed by atoms with van der Waals surface area (Å²) in [5, 5.41) is 2.85. The Bertz CT molecular complexity index is 1460. The van der Waals surface area contributed by atoms with Crippen LogP contribution >= 0.6 is 0 Å². The van der Waals surface area contributed by atoms with Gasteiger partial charge < -0.3 is 19.7 Å². The summed E-state index contributed by atoms with van der Waals surface area (Å²) in [5.41, 5.74) is 5.81. The van der Waals surface area contributed by atoms with Crippen LogP contribution < -0.4 is 14.8 Å². The van der Waals surface area contributed by atoms with Gasteiger partial charge in [-0.3, -0.25) is 14.4 Å². The van der Waals surface area contributed by atoms with Crippen LogP contribution in [0.4, 0.5) is 5.69 Å². The van der Waals surface area contributed by atoms with Crippen LogP contribution in [-0.2, 0) is 14.4 Å². The van der Waals surface area contributed by atoms with Crippen molar-refractivity contribution in [3.63, 3.8) is 0 Å². The molecule has 0 unspecified atom stereocenters. The van der Waals surface area contributed by atoms with Gasteiger partial charge in [-0.05, 0) is 72.9 Å². The number of rotatable bonds is 7. The summed E-state index contributed by atoms with van der Waals surface area (Å²) in [6.45, 7) is 13.1. The van der Waals surface area contributed by atoms with Crippen LogP contribution in [0, 0.1) is 17.8 Å². The third-order valence-corrected chi connectivity index (χ3v) is 8.52. The summed E-state index contributed by atoms with van der Waals surface area (Å²) in [4.78, 5) is 42.5. The summed E-state index contributed by atoms with van der Waals surface area (Å²) in [6, 6.07) is 13.1. The molecule has 1 N–H and O–H groups in total. The molecule has 0 saturated carbocycles. The molecule has 5 rings (SSSR count). The number of anilines is 1. The highest BCUT2D eigenvalue weighted by Crippen LogP contribution is 2.54. The minimum Gasteiger partial charge on any atom is -0.493 e. The highest BCUT2D eigenvalue weighted by molar-refractivity contribution is 6.06. The molecule has 7 heteroatoms. The Kier molecular flexibility index (Phi) is 7.82.